The summed E-state index contributed by atoms with van der Waals surface area (Å²) in [6.45, 7) is 0. The van der Waals surface area contributed by atoms with E-state index in [-0.39, 0.29) is 18.2 Å². The molecule has 0 fully saturated rings. The standard InChI is InChI=1S/C12H10BrN5O2/c13-10-8(5-15-18-10)16-12(20)7-4-9(19)17-11-6(7)2-1-3-14-11/h1-3,5,7H,4H2,(H,15,18)(H,16,20)(H,14,17,19). The summed E-state index contributed by atoms with van der Waals surface area (Å²) >= 11 is 3.24. The van der Waals surface area contributed by atoms with Crippen molar-refractivity contribution in [2.75, 3.05) is 10.6 Å². The molecule has 0 radical (unpaired) electrons. The van der Waals surface area contributed by atoms with Gasteiger partial charge in [-0.05, 0) is 22.0 Å². The molecule has 0 saturated heterocycles. The van der Waals surface area contributed by atoms with Gasteiger partial charge in [0.1, 0.15) is 10.4 Å². The summed E-state index contributed by atoms with van der Waals surface area (Å²) in [6, 6.07) is 3.53. The van der Waals surface area contributed by atoms with Crippen molar-refractivity contribution in [3.05, 3.63) is 34.7 Å². The summed E-state index contributed by atoms with van der Waals surface area (Å²) < 4.78 is 0.581. The Balaban J connectivity index is 1.88. The second-order valence-corrected chi connectivity index (χ2v) is 5.13. The van der Waals surface area contributed by atoms with Gasteiger partial charge in [0, 0.05) is 18.2 Å². The molecule has 0 spiro atoms. The van der Waals surface area contributed by atoms with E-state index in [0.29, 0.717) is 21.7 Å². The van der Waals surface area contributed by atoms with Crippen LogP contribution in [0.4, 0.5) is 11.5 Å². The van der Waals surface area contributed by atoms with Gasteiger partial charge >= 0.3 is 0 Å². The van der Waals surface area contributed by atoms with Gasteiger partial charge in [0.2, 0.25) is 11.8 Å². The number of aromatic nitrogens is 3. The number of rotatable bonds is 2. The summed E-state index contributed by atoms with van der Waals surface area (Å²) in [5.41, 5.74) is 1.25. The quantitative estimate of drug-likeness (QED) is 0.776. The predicted molar refractivity (Wildman–Crippen MR) is 75.1 cm³/mol. The van der Waals surface area contributed by atoms with Gasteiger partial charge < -0.3 is 10.6 Å². The molecule has 1 aliphatic heterocycles. The van der Waals surface area contributed by atoms with Gasteiger partial charge in [0.25, 0.3) is 0 Å². The largest absolute Gasteiger partial charge is 0.322 e. The van der Waals surface area contributed by atoms with E-state index in [2.05, 4.69) is 41.7 Å². The zero-order valence-corrected chi connectivity index (χ0v) is 11.8. The molecule has 3 heterocycles. The highest BCUT2D eigenvalue weighted by Crippen LogP contribution is 2.31. The number of halogens is 1. The number of aromatic amines is 1. The zero-order chi connectivity index (χ0) is 14.1. The Morgan fingerprint density at radius 1 is 1.50 bits per heavy atom. The highest BCUT2D eigenvalue weighted by atomic mass is 79.9. The van der Waals surface area contributed by atoms with E-state index < -0.39 is 5.92 Å². The predicted octanol–water partition coefficient (Wildman–Crippen LogP) is 1.63. The first-order chi connectivity index (χ1) is 9.65. The molecule has 2 amide bonds. The van der Waals surface area contributed by atoms with E-state index >= 15 is 0 Å². The Morgan fingerprint density at radius 2 is 2.35 bits per heavy atom. The number of hydrogen-bond donors (Lipinski definition) is 3. The average molecular weight is 336 g/mol. The minimum absolute atomic E-state index is 0.0972. The van der Waals surface area contributed by atoms with Crippen molar-refractivity contribution in [1.82, 2.24) is 15.2 Å². The fraction of sp³-hybridized carbons (Fsp3) is 0.167. The van der Waals surface area contributed by atoms with E-state index in [1.807, 2.05) is 0 Å². The van der Waals surface area contributed by atoms with Crippen molar-refractivity contribution >= 4 is 39.2 Å². The first-order valence-corrected chi connectivity index (χ1v) is 6.69. The zero-order valence-electron chi connectivity index (χ0n) is 10.2. The molecule has 3 rings (SSSR count). The van der Waals surface area contributed by atoms with Crippen LogP contribution in [0.2, 0.25) is 0 Å². The van der Waals surface area contributed by atoms with E-state index in [1.54, 1.807) is 18.3 Å². The molecule has 102 valence electrons. The molecule has 2 aromatic rings. The average Bonchev–Trinajstić information content (AvgIpc) is 2.83. The molecule has 3 N–H and O–H groups in total. The van der Waals surface area contributed by atoms with Crippen LogP contribution in [0.3, 0.4) is 0 Å². The van der Waals surface area contributed by atoms with Gasteiger partial charge in [-0.2, -0.15) is 5.10 Å². The molecular formula is C12H10BrN5O2. The highest BCUT2D eigenvalue weighted by molar-refractivity contribution is 9.10. The molecule has 1 aliphatic rings. The molecule has 2 aromatic heterocycles. The van der Waals surface area contributed by atoms with E-state index in [4.69, 9.17) is 0 Å². The minimum atomic E-state index is -0.561. The van der Waals surface area contributed by atoms with Crippen molar-refractivity contribution in [1.29, 1.82) is 0 Å². The van der Waals surface area contributed by atoms with Crippen LogP contribution < -0.4 is 10.6 Å². The van der Waals surface area contributed by atoms with Crippen LogP contribution in [-0.2, 0) is 9.59 Å². The summed E-state index contributed by atoms with van der Waals surface area (Å²) in [7, 11) is 0. The maximum Gasteiger partial charge on any atom is 0.232 e. The number of nitrogens with one attached hydrogen (secondary N) is 3. The van der Waals surface area contributed by atoms with Crippen LogP contribution in [0, 0.1) is 0 Å². The number of carbonyl (C=O) groups excluding carboxylic acids is 2. The fourth-order valence-electron chi connectivity index (χ4n) is 2.09. The van der Waals surface area contributed by atoms with Gasteiger partial charge in [-0.1, -0.05) is 6.07 Å². The lowest BCUT2D eigenvalue weighted by Crippen LogP contribution is -2.31. The van der Waals surface area contributed by atoms with Gasteiger partial charge in [-0.15, -0.1) is 0 Å². The van der Waals surface area contributed by atoms with Gasteiger partial charge in [-0.3, -0.25) is 14.7 Å². The fourth-order valence-corrected chi connectivity index (χ4v) is 2.40. The van der Waals surface area contributed by atoms with Crippen LogP contribution >= 0.6 is 15.9 Å². The van der Waals surface area contributed by atoms with Crippen molar-refractivity contribution in [3.8, 4) is 0 Å². The summed E-state index contributed by atoms with van der Waals surface area (Å²) in [6.07, 6.45) is 3.17. The van der Waals surface area contributed by atoms with Crippen LogP contribution in [-0.4, -0.2) is 27.0 Å². The Kier molecular flexibility index (Phi) is 3.23. The van der Waals surface area contributed by atoms with Crippen molar-refractivity contribution in [2.24, 2.45) is 0 Å². The third-order valence-electron chi connectivity index (χ3n) is 3.03. The van der Waals surface area contributed by atoms with E-state index in [0.717, 1.165) is 0 Å². The Hall–Kier alpha value is -2.22. The van der Waals surface area contributed by atoms with Gasteiger partial charge in [0.15, 0.2) is 0 Å². The highest BCUT2D eigenvalue weighted by Gasteiger charge is 2.31. The van der Waals surface area contributed by atoms with E-state index in [1.165, 1.54) is 6.20 Å². The van der Waals surface area contributed by atoms with Crippen molar-refractivity contribution < 1.29 is 9.59 Å². The third-order valence-corrected chi connectivity index (χ3v) is 3.63. The summed E-state index contributed by atoms with van der Waals surface area (Å²) in [5.74, 6) is -0.608. The lowest BCUT2D eigenvalue weighted by molar-refractivity contribution is -0.123. The second kappa shape index (κ2) is 5.04. The molecule has 20 heavy (non-hydrogen) atoms. The van der Waals surface area contributed by atoms with Crippen LogP contribution in [0.1, 0.15) is 17.9 Å². The number of amides is 2. The number of pyridine rings is 1. The maximum absolute atomic E-state index is 12.3. The molecule has 0 saturated carbocycles. The molecule has 0 aromatic carbocycles. The smallest absolute Gasteiger partial charge is 0.232 e. The first kappa shape index (κ1) is 12.8. The SMILES string of the molecule is O=C1CC(C(=O)Nc2cn[nH]c2Br)c2cccnc2N1. The number of hydrogen-bond acceptors (Lipinski definition) is 4. The number of fused-ring (bicyclic) bond motifs is 1. The molecule has 1 atom stereocenters. The first-order valence-electron chi connectivity index (χ1n) is 5.89. The van der Waals surface area contributed by atoms with Gasteiger partial charge in [0.05, 0.1) is 17.8 Å². The molecule has 8 heteroatoms. The topological polar surface area (TPSA) is 99.8 Å². The van der Waals surface area contributed by atoms with Crippen LogP contribution in [0.15, 0.2) is 29.1 Å². The molecule has 1 unspecified atom stereocenters. The molecular weight excluding hydrogens is 326 g/mol. The van der Waals surface area contributed by atoms with Crippen LogP contribution in [0.25, 0.3) is 0 Å². The maximum atomic E-state index is 12.3. The lowest BCUT2D eigenvalue weighted by atomic mass is 9.92. The van der Waals surface area contributed by atoms with Crippen LogP contribution in [0.5, 0.6) is 0 Å². The Labute approximate surface area is 122 Å². The second-order valence-electron chi connectivity index (χ2n) is 4.33. The number of H-pyrrole nitrogens is 1. The molecule has 0 aliphatic carbocycles. The van der Waals surface area contributed by atoms with Crippen molar-refractivity contribution in [2.45, 2.75) is 12.3 Å². The Bertz CT molecular complexity index is 684. The number of anilines is 2. The third kappa shape index (κ3) is 2.29. The minimum Gasteiger partial charge on any atom is -0.322 e. The van der Waals surface area contributed by atoms with Gasteiger partial charge in [-0.25, -0.2) is 4.98 Å². The van der Waals surface area contributed by atoms with E-state index in [9.17, 15) is 9.59 Å². The lowest BCUT2D eigenvalue weighted by Gasteiger charge is -2.23. The summed E-state index contributed by atoms with van der Waals surface area (Å²) in [4.78, 5) is 28.1. The molecule has 7 nitrogen and oxygen atoms in total. The number of nitrogens with zero attached hydrogens (tertiary/aromatic N) is 2. The summed E-state index contributed by atoms with van der Waals surface area (Å²) in [5, 5.41) is 11.9. The van der Waals surface area contributed by atoms with Crippen molar-refractivity contribution in [3.63, 3.8) is 0 Å². The monoisotopic (exact) mass is 335 g/mol. The number of carbonyl (C=O) groups is 2. The Morgan fingerprint density at radius 3 is 3.10 bits per heavy atom. The molecule has 0 bridgehead atoms. The normalized spacial score (nSPS) is 17.2.